The summed E-state index contributed by atoms with van der Waals surface area (Å²) in [6.07, 6.45) is 1.92. The molecule has 0 aromatic rings. The van der Waals surface area contributed by atoms with Crippen molar-refractivity contribution in [1.82, 2.24) is 10.2 Å². The molecule has 0 aromatic heterocycles. The van der Waals surface area contributed by atoms with E-state index in [4.69, 9.17) is 18.0 Å². The third-order valence-corrected chi connectivity index (χ3v) is 3.82. The van der Waals surface area contributed by atoms with Gasteiger partial charge in [-0.1, -0.05) is 33.0 Å². The molecule has 0 aliphatic carbocycles. The summed E-state index contributed by atoms with van der Waals surface area (Å²) in [6, 6.07) is 0.101. The van der Waals surface area contributed by atoms with Crippen molar-refractivity contribution in [3.05, 3.63) is 0 Å². The monoisotopic (exact) mass is 273 g/mol. The fraction of sp³-hybridized carbons (Fsp3) is 0.846. The minimum absolute atomic E-state index is 0.0707. The maximum absolute atomic E-state index is 12.0. The van der Waals surface area contributed by atoms with E-state index in [9.17, 15) is 4.79 Å². The molecule has 0 saturated carbocycles. The number of nitrogens with one attached hydrogen (secondary N) is 1. The number of rotatable bonds is 8. The molecule has 2 atom stereocenters. The highest BCUT2D eigenvalue weighted by atomic mass is 32.1. The van der Waals surface area contributed by atoms with Gasteiger partial charge in [0.15, 0.2) is 0 Å². The number of amides is 1. The number of thiocarbonyl (C=S) groups is 1. The predicted octanol–water partition coefficient (Wildman–Crippen LogP) is 1.53. The first-order valence-corrected chi connectivity index (χ1v) is 7.04. The van der Waals surface area contributed by atoms with Gasteiger partial charge in [0.1, 0.15) is 0 Å². The molecular formula is C13H27N3OS. The Labute approximate surface area is 116 Å². The molecule has 2 unspecified atom stereocenters. The Morgan fingerprint density at radius 1 is 1.33 bits per heavy atom. The van der Waals surface area contributed by atoms with Gasteiger partial charge in [0, 0.05) is 18.5 Å². The van der Waals surface area contributed by atoms with E-state index in [1.165, 1.54) is 0 Å². The lowest BCUT2D eigenvalue weighted by Crippen LogP contribution is -2.48. The Bertz CT molecular complexity index is 279. The van der Waals surface area contributed by atoms with Gasteiger partial charge in [-0.3, -0.25) is 9.69 Å². The molecule has 0 fully saturated rings. The molecule has 18 heavy (non-hydrogen) atoms. The number of hydrogen-bond donors (Lipinski definition) is 2. The van der Waals surface area contributed by atoms with Crippen molar-refractivity contribution in [1.29, 1.82) is 0 Å². The minimum Gasteiger partial charge on any atom is -0.393 e. The molecule has 0 heterocycles. The Balaban J connectivity index is 4.31. The largest absolute Gasteiger partial charge is 0.393 e. The Hall–Kier alpha value is -0.680. The van der Waals surface area contributed by atoms with Crippen molar-refractivity contribution in [2.75, 3.05) is 13.6 Å². The average Bonchev–Trinajstić information content (AvgIpc) is 2.34. The van der Waals surface area contributed by atoms with E-state index < -0.39 is 0 Å². The highest BCUT2D eigenvalue weighted by Gasteiger charge is 2.21. The van der Waals surface area contributed by atoms with Crippen LogP contribution in [0.2, 0.25) is 0 Å². The smallest absolute Gasteiger partial charge is 0.237 e. The third kappa shape index (κ3) is 5.78. The lowest BCUT2D eigenvalue weighted by molar-refractivity contribution is -0.126. The molecule has 0 aliphatic rings. The van der Waals surface area contributed by atoms with Gasteiger partial charge >= 0.3 is 0 Å². The number of nitrogens with zero attached hydrogens (tertiary/aromatic N) is 1. The molecule has 1 amide bonds. The third-order valence-electron chi connectivity index (χ3n) is 3.42. The molecule has 0 bridgehead atoms. The molecule has 0 aliphatic heterocycles. The summed E-state index contributed by atoms with van der Waals surface area (Å²) in [5.41, 5.74) is 5.59. The van der Waals surface area contributed by atoms with Crippen LogP contribution in [0.25, 0.3) is 0 Å². The summed E-state index contributed by atoms with van der Waals surface area (Å²) < 4.78 is 0. The first kappa shape index (κ1) is 17.3. The second-order valence-electron chi connectivity index (χ2n) is 4.94. The van der Waals surface area contributed by atoms with Crippen molar-refractivity contribution >= 4 is 23.1 Å². The van der Waals surface area contributed by atoms with Crippen LogP contribution in [-0.4, -0.2) is 41.5 Å². The van der Waals surface area contributed by atoms with Gasteiger partial charge in [-0.15, -0.1) is 0 Å². The van der Waals surface area contributed by atoms with Crippen molar-refractivity contribution in [2.24, 2.45) is 11.7 Å². The fourth-order valence-corrected chi connectivity index (χ4v) is 1.77. The second-order valence-corrected chi connectivity index (χ2v) is 5.41. The van der Waals surface area contributed by atoms with E-state index in [-0.39, 0.29) is 23.9 Å². The number of carbonyl (C=O) groups excluding carboxylic acids is 1. The first-order chi connectivity index (χ1) is 8.33. The van der Waals surface area contributed by atoms with Crippen LogP contribution in [0.5, 0.6) is 0 Å². The SMILES string of the molecule is CCC(CC)NC(=O)C(C)N(C)CC(C)C(N)=S. The van der Waals surface area contributed by atoms with Gasteiger partial charge in [-0.05, 0) is 26.8 Å². The summed E-state index contributed by atoms with van der Waals surface area (Å²) >= 11 is 4.95. The summed E-state index contributed by atoms with van der Waals surface area (Å²) in [7, 11) is 1.92. The molecule has 0 radical (unpaired) electrons. The topological polar surface area (TPSA) is 58.4 Å². The molecule has 106 valence electrons. The lowest BCUT2D eigenvalue weighted by Gasteiger charge is -2.27. The molecule has 4 nitrogen and oxygen atoms in total. The zero-order valence-electron chi connectivity index (χ0n) is 12.2. The van der Waals surface area contributed by atoms with E-state index in [0.717, 1.165) is 12.8 Å². The summed E-state index contributed by atoms with van der Waals surface area (Å²) in [6.45, 7) is 8.75. The van der Waals surface area contributed by atoms with Crippen LogP contribution in [0.4, 0.5) is 0 Å². The highest BCUT2D eigenvalue weighted by Crippen LogP contribution is 2.05. The van der Waals surface area contributed by atoms with Crippen LogP contribution in [0.1, 0.15) is 40.5 Å². The Morgan fingerprint density at radius 2 is 1.83 bits per heavy atom. The molecule has 0 spiro atoms. The van der Waals surface area contributed by atoms with Crippen LogP contribution in [0, 0.1) is 5.92 Å². The van der Waals surface area contributed by atoms with Crippen molar-refractivity contribution < 1.29 is 4.79 Å². The predicted molar refractivity (Wildman–Crippen MR) is 80.6 cm³/mol. The number of nitrogens with two attached hydrogens (primary N) is 1. The van der Waals surface area contributed by atoms with Crippen LogP contribution in [0.3, 0.4) is 0 Å². The molecule has 5 heteroatoms. The van der Waals surface area contributed by atoms with E-state index in [1.54, 1.807) is 0 Å². The summed E-state index contributed by atoms with van der Waals surface area (Å²) in [5.74, 6) is 0.190. The maximum atomic E-state index is 12.0. The van der Waals surface area contributed by atoms with E-state index in [2.05, 4.69) is 19.2 Å². The van der Waals surface area contributed by atoms with Crippen molar-refractivity contribution in [3.8, 4) is 0 Å². The van der Waals surface area contributed by atoms with E-state index in [0.29, 0.717) is 11.5 Å². The van der Waals surface area contributed by atoms with Gasteiger partial charge < -0.3 is 11.1 Å². The van der Waals surface area contributed by atoms with Crippen molar-refractivity contribution in [2.45, 2.75) is 52.6 Å². The molecule has 0 saturated heterocycles. The highest BCUT2D eigenvalue weighted by molar-refractivity contribution is 7.80. The first-order valence-electron chi connectivity index (χ1n) is 6.63. The van der Waals surface area contributed by atoms with Gasteiger partial charge in [0.25, 0.3) is 0 Å². The minimum atomic E-state index is -0.164. The zero-order valence-corrected chi connectivity index (χ0v) is 13.0. The maximum Gasteiger partial charge on any atom is 0.237 e. The normalized spacial score (nSPS) is 14.6. The van der Waals surface area contributed by atoms with Gasteiger partial charge in [0.2, 0.25) is 5.91 Å². The fourth-order valence-electron chi connectivity index (χ4n) is 1.69. The van der Waals surface area contributed by atoms with Crippen LogP contribution in [0.15, 0.2) is 0 Å². The number of hydrogen-bond acceptors (Lipinski definition) is 3. The van der Waals surface area contributed by atoms with Gasteiger partial charge in [-0.2, -0.15) is 0 Å². The van der Waals surface area contributed by atoms with Crippen LogP contribution in [-0.2, 0) is 4.79 Å². The van der Waals surface area contributed by atoms with Gasteiger partial charge in [-0.25, -0.2) is 0 Å². The molecule has 0 rings (SSSR count). The zero-order chi connectivity index (χ0) is 14.3. The molecule has 0 aromatic carbocycles. The van der Waals surface area contributed by atoms with E-state index in [1.807, 2.05) is 25.8 Å². The Kier molecular flexibility index (Phi) is 8.11. The lowest BCUT2D eigenvalue weighted by atomic mass is 10.1. The molecule has 3 N–H and O–H groups in total. The van der Waals surface area contributed by atoms with E-state index >= 15 is 0 Å². The molecular weight excluding hydrogens is 246 g/mol. The second kappa shape index (κ2) is 8.43. The van der Waals surface area contributed by atoms with Crippen LogP contribution < -0.4 is 11.1 Å². The number of likely N-dealkylation sites (N-methyl/N-ethyl adjacent to an activating group) is 1. The summed E-state index contributed by atoms with van der Waals surface area (Å²) in [5, 5.41) is 3.05. The average molecular weight is 273 g/mol. The van der Waals surface area contributed by atoms with Gasteiger partial charge in [0.05, 0.1) is 11.0 Å². The summed E-state index contributed by atoms with van der Waals surface area (Å²) in [4.78, 5) is 14.5. The number of carbonyl (C=O) groups is 1. The van der Waals surface area contributed by atoms with Crippen LogP contribution >= 0.6 is 12.2 Å². The standard InChI is InChI=1S/C13H27N3OS/c1-6-11(7-2)15-13(17)10(4)16(5)8-9(3)12(14)18/h9-11H,6-8H2,1-5H3,(H2,14,18)(H,15,17). The van der Waals surface area contributed by atoms with Crippen molar-refractivity contribution in [3.63, 3.8) is 0 Å². The quantitative estimate of drug-likeness (QED) is 0.659. The Morgan fingerprint density at radius 3 is 2.22 bits per heavy atom.